The fourth-order valence-electron chi connectivity index (χ4n) is 3.65. The minimum absolute atomic E-state index is 0.573. The van der Waals surface area contributed by atoms with E-state index in [-0.39, 0.29) is 0 Å². The van der Waals surface area contributed by atoms with Gasteiger partial charge in [0, 0.05) is 17.1 Å². The monoisotopic (exact) mass is 432 g/mol. The van der Waals surface area contributed by atoms with E-state index >= 15 is 0 Å². The number of ether oxygens (including phenoxy) is 2. The first-order valence-corrected chi connectivity index (χ1v) is 10.7. The van der Waals surface area contributed by atoms with Gasteiger partial charge in [0.25, 0.3) is 0 Å². The molecule has 31 heavy (non-hydrogen) atoms. The number of allylic oxidation sites excluding steroid dienone is 1. The number of nitrogens with zero attached hydrogens (tertiary/aromatic N) is 2. The summed E-state index contributed by atoms with van der Waals surface area (Å²) in [6.07, 6.45) is 3.51. The van der Waals surface area contributed by atoms with Crippen LogP contribution in [0.1, 0.15) is 12.0 Å². The highest BCUT2D eigenvalue weighted by Gasteiger charge is 2.13. The average Bonchev–Trinajstić information content (AvgIpc) is 3.16. The Morgan fingerprint density at radius 1 is 1.03 bits per heavy atom. The second-order valence-electron chi connectivity index (χ2n) is 7.26. The number of para-hydroxylation sites is 2. The summed E-state index contributed by atoms with van der Waals surface area (Å²) >= 11 is 6.07. The average molecular weight is 433 g/mol. The highest BCUT2D eigenvalue weighted by Crippen LogP contribution is 2.29. The predicted octanol–water partition coefficient (Wildman–Crippen LogP) is 6.56. The molecular weight excluding hydrogens is 408 g/mol. The number of aryl methyl sites for hydroxylation is 1. The molecule has 0 radical (unpaired) electrons. The van der Waals surface area contributed by atoms with E-state index in [9.17, 15) is 0 Å². The fourth-order valence-corrected chi connectivity index (χ4v) is 3.78. The van der Waals surface area contributed by atoms with Gasteiger partial charge in [-0.15, -0.1) is 6.58 Å². The molecule has 0 N–H and O–H groups in total. The van der Waals surface area contributed by atoms with Crippen LogP contribution in [0.3, 0.4) is 0 Å². The van der Waals surface area contributed by atoms with Gasteiger partial charge in [0.1, 0.15) is 5.82 Å². The lowest BCUT2D eigenvalue weighted by Gasteiger charge is -2.13. The van der Waals surface area contributed by atoms with Gasteiger partial charge < -0.3 is 14.0 Å². The van der Waals surface area contributed by atoms with E-state index in [2.05, 4.69) is 17.2 Å². The Hall–Kier alpha value is -3.24. The first-order valence-electron chi connectivity index (χ1n) is 10.3. The normalized spacial score (nSPS) is 10.9. The van der Waals surface area contributed by atoms with Crippen molar-refractivity contribution in [2.24, 2.45) is 0 Å². The fraction of sp³-hybridized carbons (Fsp3) is 0.192. The minimum atomic E-state index is 0.573. The number of benzene rings is 3. The van der Waals surface area contributed by atoms with Gasteiger partial charge in [-0.3, -0.25) is 0 Å². The van der Waals surface area contributed by atoms with Crippen LogP contribution in [0.2, 0.25) is 5.02 Å². The maximum atomic E-state index is 6.07. The van der Waals surface area contributed by atoms with Crippen LogP contribution in [0.5, 0.6) is 11.5 Å². The van der Waals surface area contributed by atoms with Gasteiger partial charge in [0.05, 0.1) is 24.8 Å². The van der Waals surface area contributed by atoms with Crippen LogP contribution in [0, 0.1) is 0 Å². The van der Waals surface area contributed by atoms with E-state index in [4.69, 9.17) is 26.1 Å². The summed E-state index contributed by atoms with van der Waals surface area (Å²) in [5.41, 5.74) is 4.28. The molecule has 4 rings (SSSR count). The maximum absolute atomic E-state index is 6.07. The molecule has 0 bridgehead atoms. The summed E-state index contributed by atoms with van der Waals surface area (Å²) in [4.78, 5) is 4.86. The molecule has 0 spiro atoms. The molecule has 0 saturated carbocycles. The van der Waals surface area contributed by atoms with Crippen molar-refractivity contribution in [2.45, 2.75) is 19.4 Å². The SMILES string of the molecule is C=CCc1ccc(OCCCn2c(-c3ccc(Cl)cc3)nc3ccccc32)c(OC)c1. The van der Waals surface area contributed by atoms with Crippen LogP contribution in [0.4, 0.5) is 0 Å². The number of halogens is 1. The van der Waals surface area contributed by atoms with Crippen molar-refractivity contribution >= 4 is 22.6 Å². The molecule has 0 aliphatic heterocycles. The Kier molecular flexibility index (Phi) is 6.58. The first kappa shape index (κ1) is 21.0. The molecule has 1 heterocycles. The highest BCUT2D eigenvalue weighted by molar-refractivity contribution is 6.30. The Morgan fingerprint density at radius 2 is 1.84 bits per heavy atom. The van der Waals surface area contributed by atoms with E-state index < -0.39 is 0 Å². The molecule has 0 fully saturated rings. The van der Waals surface area contributed by atoms with E-state index in [1.165, 1.54) is 0 Å². The summed E-state index contributed by atoms with van der Waals surface area (Å²) < 4.78 is 13.8. The Bertz CT molecular complexity index is 1180. The summed E-state index contributed by atoms with van der Waals surface area (Å²) in [5, 5.41) is 0.716. The van der Waals surface area contributed by atoms with Crippen LogP contribution < -0.4 is 9.47 Å². The molecule has 0 aliphatic carbocycles. The molecule has 158 valence electrons. The van der Waals surface area contributed by atoms with Crippen LogP contribution in [-0.2, 0) is 13.0 Å². The van der Waals surface area contributed by atoms with E-state index in [0.717, 1.165) is 58.9 Å². The second-order valence-corrected chi connectivity index (χ2v) is 7.70. The van der Waals surface area contributed by atoms with Crippen LogP contribution in [0.15, 0.2) is 79.4 Å². The first-order chi connectivity index (χ1) is 15.2. The van der Waals surface area contributed by atoms with Gasteiger partial charge in [0.2, 0.25) is 0 Å². The summed E-state index contributed by atoms with van der Waals surface area (Å²) in [6.45, 7) is 5.15. The molecule has 0 atom stereocenters. The number of methoxy groups -OCH3 is 1. The summed E-state index contributed by atoms with van der Waals surface area (Å²) in [6, 6.07) is 22.0. The van der Waals surface area contributed by atoms with E-state index in [0.29, 0.717) is 11.6 Å². The standard InChI is InChI=1S/C26H25ClN2O2/c1-3-7-19-10-15-24(25(18-19)30-2)31-17-6-16-29-23-9-5-4-8-22(23)28-26(29)20-11-13-21(27)14-12-20/h3-5,8-15,18H,1,6-7,16-17H2,2H3. The lowest BCUT2D eigenvalue weighted by atomic mass is 10.1. The quantitative estimate of drug-likeness (QED) is 0.222. The zero-order valence-electron chi connectivity index (χ0n) is 17.6. The van der Waals surface area contributed by atoms with Gasteiger partial charge in [-0.05, 0) is 66.9 Å². The molecule has 4 nitrogen and oxygen atoms in total. The van der Waals surface area contributed by atoms with Crippen molar-refractivity contribution in [1.29, 1.82) is 0 Å². The number of fused-ring (bicyclic) bond motifs is 1. The Morgan fingerprint density at radius 3 is 2.61 bits per heavy atom. The molecule has 3 aromatic carbocycles. The molecule has 5 heteroatoms. The Labute approximate surface area is 187 Å². The molecule has 4 aromatic rings. The van der Waals surface area contributed by atoms with Crippen LogP contribution >= 0.6 is 11.6 Å². The van der Waals surface area contributed by atoms with Crippen molar-refractivity contribution in [2.75, 3.05) is 13.7 Å². The minimum Gasteiger partial charge on any atom is -0.493 e. The highest BCUT2D eigenvalue weighted by atomic mass is 35.5. The van der Waals surface area contributed by atoms with E-state index in [1.54, 1.807) is 7.11 Å². The van der Waals surface area contributed by atoms with Gasteiger partial charge in [-0.1, -0.05) is 35.9 Å². The second kappa shape index (κ2) is 9.71. The van der Waals surface area contributed by atoms with Crippen molar-refractivity contribution in [3.63, 3.8) is 0 Å². The summed E-state index contributed by atoms with van der Waals surface area (Å²) in [5.74, 6) is 2.43. The topological polar surface area (TPSA) is 36.3 Å². The Balaban J connectivity index is 1.50. The zero-order chi connectivity index (χ0) is 21.6. The third-order valence-electron chi connectivity index (χ3n) is 5.15. The van der Waals surface area contributed by atoms with Crippen molar-refractivity contribution in [3.05, 3.63) is 90.0 Å². The van der Waals surface area contributed by atoms with Gasteiger partial charge in [-0.2, -0.15) is 0 Å². The van der Waals surface area contributed by atoms with Crippen LogP contribution in [0.25, 0.3) is 22.4 Å². The predicted molar refractivity (Wildman–Crippen MR) is 127 cm³/mol. The number of rotatable bonds is 9. The van der Waals surface area contributed by atoms with Crippen molar-refractivity contribution in [3.8, 4) is 22.9 Å². The number of imidazole rings is 1. The number of hydrogen-bond donors (Lipinski definition) is 0. The molecule has 0 saturated heterocycles. The lowest BCUT2D eigenvalue weighted by molar-refractivity contribution is 0.283. The molecular formula is C26H25ClN2O2. The van der Waals surface area contributed by atoms with E-state index in [1.807, 2.05) is 66.7 Å². The van der Waals surface area contributed by atoms with Gasteiger partial charge in [0.15, 0.2) is 11.5 Å². The van der Waals surface area contributed by atoms with Crippen molar-refractivity contribution in [1.82, 2.24) is 9.55 Å². The zero-order valence-corrected chi connectivity index (χ0v) is 18.3. The van der Waals surface area contributed by atoms with Crippen LogP contribution in [-0.4, -0.2) is 23.3 Å². The smallest absolute Gasteiger partial charge is 0.161 e. The molecule has 1 aromatic heterocycles. The third kappa shape index (κ3) is 4.75. The largest absolute Gasteiger partial charge is 0.493 e. The maximum Gasteiger partial charge on any atom is 0.161 e. The number of hydrogen-bond acceptors (Lipinski definition) is 3. The van der Waals surface area contributed by atoms with Gasteiger partial charge in [-0.25, -0.2) is 4.98 Å². The van der Waals surface area contributed by atoms with Gasteiger partial charge >= 0.3 is 0 Å². The molecule has 0 unspecified atom stereocenters. The summed E-state index contributed by atoms with van der Waals surface area (Å²) in [7, 11) is 1.66. The molecule has 0 amide bonds. The van der Waals surface area contributed by atoms with Crippen molar-refractivity contribution < 1.29 is 9.47 Å². The molecule has 0 aliphatic rings. The third-order valence-corrected chi connectivity index (χ3v) is 5.40. The lowest BCUT2D eigenvalue weighted by Crippen LogP contribution is -2.06. The number of aromatic nitrogens is 2.